The fourth-order valence-electron chi connectivity index (χ4n) is 1.92. The molecule has 110 valence electrons. The Morgan fingerprint density at radius 2 is 2.29 bits per heavy atom. The van der Waals surface area contributed by atoms with Gasteiger partial charge in [0.15, 0.2) is 5.84 Å². The molecule has 6 heteroatoms. The Hall–Kier alpha value is -2.11. The number of amidine groups is 1. The minimum Gasteiger partial charge on any atom is -0.409 e. The normalized spacial score (nSPS) is 13.1. The molecule has 0 bridgehead atoms. The number of pyridine rings is 1. The second-order valence-electron chi connectivity index (χ2n) is 4.68. The van der Waals surface area contributed by atoms with Crippen LogP contribution in [0.15, 0.2) is 47.9 Å². The van der Waals surface area contributed by atoms with Crippen LogP contribution >= 0.6 is 11.6 Å². The number of halogens is 1. The molecule has 0 aliphatic carbocycles. The van der Waals surface area contributed by atoms with Crippen molar-refractivity contribution in [2.75, 3.05) is 0 Å². The van der Waals surface area contributed by atoms with Crippen LogP contribution in [0.5, 0.6) is 0 Å². The molecule has 2 rings (SSSR count). The zero-order chi connectivity index (χ0) is 15.2. The van der Waals surface area contributed by atoms with Gasteiger partial charge in [-0.25, -0.2) is 0 Å². The monoisotopic (exact) mass is 304 g/mol. The van der Waals surface area contributed by atoms with Gasteiger partial charge in [0.2, 0.25) is 0 Å². The summed E-state index contributed by atoms with van der Waals surface area (Å²) in [5.41, 5.74) is 8.18. The van der Waals surface area contributed by atoms with Crippen LogP contribution in [0.2, 0.25) is 5.02 Å². The number of hydrogen-bond acceptors (Lipinski definition) is 4. The first kappa shape index (κ1) is 15.3. The highest BCUT2D eigenvalue weighted by molar-refractivity contribution is 6.31. The van der Waals surface area contributed by atoms with Gasteiger partial charge in [0, 0.05) is 35.6 Å². The molecule has 0 aliphatic heterocycles. The lowest BCUT2D eigenvalue weighted by Gasteiger charge is -2.15. The van der Waals surface area contributed by atoms with Crippen LogP contribution in [0, 0.1) is 0 Å². The zero-order valence-corrected chi connectivity index (χ0v) is 12.4. The Bertz CT molecular complexity index is 631. The first-order chi connectivity index (χ1) is 10.1. The molecule has 1 aromatic heterocycles. The average Bonchev–Trinajstić information content (AvgIpc) is 2.53. The van der Waals surface area contributed by atoms with Crippen molar-refractivity contribution >= 4 is 17.4 Å². The summed E-state index contributed by atoms with van der Waals surface area (Å²) in [6, 6.07) is 9.41. The van der Waals surface area contributed by atoms with Gasteiger partial charge in [-0.2, -0.15) is 0 Å². The molecule has 0 amide bonds. The van der Waals surface area contributed by atoms with Crippen LogP contribution in [0.4, 0.5) is 0 Å². The van der Waals surface area contributed by atoms with Crippen LogP contribution in [0.25, 0.3) is 0 Å². The summed E-state index contributed by atoms with van der Waals surface area (Å²) in [4.78, 5) is 4.10. The SMILES string of the molecule is C[C@H](NCc1ccc(/C(N)=N/O)cc1Cl)c1cccnc1. The second kappa shape index (κ2) is 7.06. The van der Waals surface area contributed by atoms with Gasteiger partial charge in [-0.15, -0.1) is 0 Å². The zero-order valence-electron chi connectivity index (χ0n) is 11.6. The Kier molecular flexibility index (Phi) is 5.14. The smallest absolute Gasteiger partial charge is 0.170 e. The number of hydrogen-bond donors (Lipinski definition) is 3. The fourth-order valence-corrected chi connectivity index (χ4v) is 2.17. The topological polar surface area (TPSA) is 83.5 Å². The number of benzene rings is 1. The van der Waals surface area contributed by atoms with Crippen molar-refractivity contribution in [1.82, 2.24) is 10.3 Å². The molecule has 2 aromatic rings. The first-order valence-electron chi connectivity index (χ1n) is 6.51. The summed E-state index contributed by atoms with van der Waals surface area (Å²) in [7, 11) is 0. The lowest BCUT2D eigenvalue weighted by Crippen LogP contribution is -2.19. The van der Waals surface area contributed by atoms with Crippen molar-refractivity contribution in [2.24, 2.45) is 10.9 Å². The van der Waals surface area contributed by atoms with Crippen LogP contribution < -0.4 is 11.1 Å². The summed E-state index contributed by atoms with van der Waals surface area (Å²) >= 11 is 6.22. The number of nitrogens with zero attached hydrogens (tertiary/aromatic N) is 2. The Labute approximate surface area is 128 Å². The number of nitrogens with two attached hydrogens (primary N) is 1. The molecular weight excluding hydrogens is 288 g/mol. The molecule has 0 aliphatic rings. The second-order valence-corrected chi connectivity index (χ2v) is 5.09. The predicted molar refractivity (Wildman–Crippen MR) is 83.5 cm³/mol. The first-order valence-corrected chi connectivity index (χ1v) is 6.89. The van der Waals surface area contributed by atoms with Gasteiger partial charge in [0.25, 0.3) is 0 Å². The number of rotatable bonds is 5. The Morgan fingerprint density at radius 1 is 1.48 bits per heavy atom. The highest BCUT2D eigenvalue weighted by Gasteiger charge is 2.08. The molecule has 1 aromatic carbocycles. The van der Waals surface area contributed by atoms with E-state index in [1.807, 2.05) is 24.4 Å². The van der Waals surface area contributed by atoms with Gasteiger partial charge in [0.05, 0.1) is 0 Å². The molecule has 0 unspecified atom stereocenters. The predicted octanol–water partition coefficient (Wildman–Crippen LogP) is 2.68. The van der Waals surface area contributed by atoms with Gasteiger partial charge in [-0.05, 0) is 30.2 Å². The maximum absolute atomic E-state index is 8.65. The van der Waals surface area contributed by atoms with Gasteiger partial charge in [-0.3, -0.25) is 4.98 Å². The molecule has 4 N–H and O–H groups in total. The molecular formula is C15H17ClN4O. The van der Waals surface area contributed by atoms with E-state index < -0.39 is 0 Å². The van der Waals surface area contributed by atoms with E-state index in [2.05, 4.69) is 22.4 Å². The third-order valence-electron chi connectivity index (χ3n) is 3.24. The summed E-state index contributed by atoms with van der Waals surface area (Å²) < 4.78 is 0. The van der Waals surface area contributed by atoms with Gasteiger partial charge < -0.3 is 16.3 Å². The summed E-state index contributed by atoms with van der Waals surface area (Å²) in [6.45, 7) is 2.68. The Balaban J connectivity index is 2.04. The van der Waals surface area contributed by atoms with Gasteiger partial charge in [0.1, 0.15) is 0 Å². The largest absolute Gasteiger partial charge is 0.409 e. The van der Waals surface area contributed by atoms with Crippen molar-refractivity contribution in [1.29, 1.82) is 0 Å². The van der Waals surface area contributed by atoms with Crippen LogP contribution in [-0.2, 0) is 6.54 Å². The highest BCUT2D eigenvalue weighted by atomic mass is 35.5. The molecule has 0 fully saturated rings. The van der Waals surface area contributed by atoms with Crippen molar-refractivity contribution < 1.29 is 5.21 Å². The number of nitrogens with one attached hydrogen (secondary N) is 1. The van der Waals surface area contributed by atoms with E-state index >= 15 is 0 Å². The standard InChI is InChI=1S/C15H17ClN4O/c1-10(12-3-2-6-18-8-12)19-9-13-5-4-11(7-14(13)16)15(17)20-21/h2-8,10,19,21H,9H2,1H3,(H2,17,20)/t10-/m0/s1. The van der Waals surface area contributed by atoms with Gasteiger partial charge in [-0.1, -0.05) is 35.0 Å². The molecule has 21 heavy (non-hydrogen) atoms. The molecule has 5 nitrogen and oxygen atoms in total. The third-order valence-corrected chi connectivity index (χ3v) is 3.59. The maximum Gasteiger partial charge on any atom is 0.170 e. The molecule has 0 saturated heterocycles. The van der Waals surface area contributed by atoms with Gasteiger partial charge >= 0.3 is 0 Å². The lowest BCUT2D eigenvalue weighted by atomic mass is 10.1. The lowest BCUT2D eigenvalue weighted by molar-refractivity contribution is 0.318. The Morgan fingerprint density at radius 3 is 2.90 bits per heavy atom. The minimum absolute atomic E-state index is 0.0418. The molecule has 0 spiro atoms. The van der Waals surface area contributed by atoms with Crippen molar-refractivity contribution in [2.45, 2.75) is 19.5 Å². The quantitative estimate of drug-likeness (QED) is 0.343. The van der Waals surface area contributed by atoms with Crippen LogP contribution in [-0.4, -0.2) is 16.0 Å². The molecule has 1 atom stereocenters. The summed E-state index contributed by atoms with van der Waals surface area (Å²) in [5.74, 6) is 0.0418. The maximum atomic E-state index is 8.65. The number of aromatic nitrogens is 1. The van der Waals surface area contributed by atoms with E-state index in [9.17, 15) is 0 Å². The van der Waals surface area contributed by atoms with Crippen LogP contribution in [0.3, 0.4) is 0 Å². The van der Waals surface area contributed by atoms with Crippen molar-refractivity contribution in [3.05, 3.63) is 64.4 Å². The number of oxime groups is 1. The van der Waals surface area contributed by atoms with Crippen molar-refractivity contribution in [3.8, 4) is 0 Å². The average molecular weight is 305 g/mol. The van der Waals surface area contributed by atoms with E-state index in [0.717, 1.165) is 11.1 Å². The highest BCUT2D eigenvalue weighted by Crippen LogP contribution is 2.19. The molecule has 0 radical (unpaired) electrons. The van der Waals surface area contributed by atoms with E-state index in [1.54, 1.807) is 18.3 Å². The summed E-state index contributed by atoms with van der Waals surface area (Å²) in [6.07, 6.45) is 3.58. The van der Waals surface area contributed by atoms with E-state index in [0.29, 0.717) is 17.1 Å². The fraction of sp³-hybridized carbons (Fsp3) is 0.200. The summed E-state index contributed by atoms with van der Waals surface area (Å²) in [5, 5.41) is 15.6. The molecule has 0 saturated carbocycles. The minimum atomic E-state index is 0.0418. The van der Waals surface area contributed by atoms with E-state index in [-0.39, 0.29) is 11.9 Å². The van der Waals surface area contributed by atoms with E-state index in [4.69, 9.17) is 22.5 Å². The van der Waals surface area contributed by atoms with Crippen molar-refractivity contribution in [3.63, 3.8) is 0 Å². The molecule has 1 heterocycles. The van der Waals surface area contributed by atoms with E-state index in [1.165, 1.54) is 0 Å². The third kappa shape index (κ3) is 3.93. The van der Waals surface area contributed by atoms with Crippen LogP contribution in [0.1, 0.15) is 29.7 Å².